The van der Waals surface area contributed by atoms with Crippen molar-refractivity contribution in [2.24, 2.45) is 0 Å². The van der Waals surface area contributed by atoms with E-state index in [4.69, 9.17) is 14.2 Å². The third-order valence-electron chi connectivity index (χ3n) is 4.55. The fourth-order valence-corrected chi connectivity index (χ4v) is 3.05. The van der Waals surface area contributed by atoms with Gasteiger partial charge >= 0.3 is 0 Å². The second kappa shape index (κ2) is 10.4. The standard InChI is InChI=1S/C25H29NO3/c1-19-10-9-11-20(2)25(19)29-21(3)18-26-23-14-7-8-15-24(23)28-17-16-27-22-12-5-4-6-13-22/h4-15,21,26H,16-18H2,1-3H3. The molecule has 3 rings (SSSR count). The molecule has 1 atom stereocenters. The lowest BCUT2D eigenvalue weighted by Gasteiger charge is -2.20. The number of hydrogen-bond donors (Lipinski definition) is 1. The number of anilines is 1. The zero-order chi connectivity index (χ0) is 20.5. The number of aryl methyl sites for hydroxylation is 2. The maximum Gasteiger partial charge on any atom is 0.142 e. The van der Waals surface area contributed by atoms with E-state index in [1.54, 1.807) is 0 Å². The van der Waals surface area contributed by atoms with Crippen LogP contribution in [0.25, 0.3) is 0 Å². The fourth-order valence-electron chi connectivity index (χ4n) is 3.05. The molecule has 0 heterocycles. The first kappa shape index (κ1) is 20.6. The van der Waals surface area contributed by atoms with E-state index in [2.05, 4.69) is 44.3 Å². The lowest BCUT2D eigenvalue weighted by Crippen LogP contribution is -2.23. The molecule has 4 nitrogen and oxygen atoms in total. The average Bonchev–Trinajstić information content (AvgIpc) is 2.74. The fraction of sp³-hybridized carbons (Fsp3) is 0.280. The summed E-state index contributed by atoms with van der Waals surface area (Å²) in [6.07, 6.45) is 0.0178. The van der Waals surface area contributed by atoms with E-state index in [0.717, 1.165) is 34.1 Å². The molecule has 3 aromatic carbocycles. The third kappa shape index (κ3) is 6.18. The molecule has 29 heavy (non-hydrogen) atoms. The SMILES string of the molecule is Cc1cccc(C)c1OC(C)CNc1ccccc1OCCOc1ccccc1. The first-order valence-corrected chi connectivity index (χ1v) is 10.00. The maximum atomic E-state index is 6.16. The van der Waals surface area contributed by atoms with Gasteiger partial charge < -0.3 is 19.5 Å². The van der Waals surface area contributed by atoms with E-state index in [1.807, 2.05) is 54.6 Å². The van der Waals surface area contributed by atoms with Gasteiger partial charge in [-0.3, -0.25) is 0 Å². The Balaban J connectivity index is 1.49. The minimum absolute atomic E-state index is 0.0178. The summed E-state index contributed by atoms with van der Waals surface area (Å²) in [7, 11) is 0. The van der Waals surface area contributed by atoms with Gasteiger partial charge in [-0.2, -0.15) is 0 Å². The van der Waals surface area contributed by atoms with Crippen molar-refractivity contribution in [3.63, 3.8) is 0 Å². The predicted molar refractivity (Wildman–Crippen MR) is 118 cm³/mol. The van der Waals surface area contributed by atoms with Gasteiger partial charge in [0.25, 0.3) is 0 Å². The highest BCUT2D eigenvalue weighted by molar-refractivity contribution is 5.56. The van der Waals surface area contributed by atoms with Gasteiger partial charge in [-0.15, -0.1) is 0 Å². The van der Waals surface area contributed by atoms with E-state index in [9.17, 15) is 0 Å². The molecule has 0 fully saturated rings. The summed E-state index contributed by atoms with van der Waals surface area (Å²) in [6, 6.07) is 23.9. The van der Waals surface area contributed by atoms with Gasteiger partial charge in [0, 0.05) is 0 Å². The smallest absolute Gasteiger partial charge is 0.142 e. The normalized spacial score (nSPS) is 11.6. The second-order valence-corrected chi connectivity index (χ2v) is 7.04. The first-order chi connectivity index (χ1) is 14.1. The van der Waals surface area contributed by atoms with Crippen LogP contribution in [-0.2, 0) is 0 Å². The van der Waals surface area contributed by atoms with Gasteiger partial charge in [-0.05, 0) is 56.2 Å². The molecular formula is C25H29NO3. The van der Waals surface area contributed by atoms with E-state index in [1.165, 1.54) is 0 Å². The van der Waals surface area contributed by atoms with Gasteiger partial charge in [-0.25, -0.2) is 0 Å². The Morgan fingerprint density at radius 3 is 2.17 bits per heavy atom. The van der Waals surface area contributed by atoms with E-state index in [-0.39, 0.29) is 6.10 Å². The Morgan fingerprint density at radius 1 is 0.759 bits per heavy atom. The average molecular weight is 392 g/mol. The topological polar surface area (TPSA) is 39.7 Å². The molecule has 3 aromatic rings. The van der Waals surface area contributed by atoms with Gasteiger partial charge in [0.2, 0.25) is 0 Å². The van der Waals surface area contributed by atoms with Crippen LogP contribution in [0.4, 0.5) is 5.69 Å². The predicted octanol–water partition coefficient (Wildman–Crippen LogP) is 5.64. The monoisotopic (exact) mass is 391 g/mol. The molecule has 0 aromatic heterocycles. The van der Waals surface area contributed by atoms with Gasteiger partial charge in [0.1, 0.15) is 36.6 Å². The number of rotatable bonds is 10. The molecule has 1 unspecified atom stereocenters. The highest BCUT2D eigenvalue weighted by Crippen LogP contribution is 2.26. The van der Waals surface area contributed by atoms with Gasteiger partial charge in [0.15, 0.2) is 0 Å². The Kier molecular flexibility index (Phi) is 7.40. The Bertz CT molecular complexity index is 875. The molecule has 1 N–H and O–H groups in total. The molecule has 0 amide bonds. The summed E-state index contributed by atoms with van der Waals surface area (Å²) in [5.74, 6) is 2.62. The van der Waals surface area contributed by atoms with Gasteiger partial charge in [-0.1, -0.05) is 48.5 Å². The van der Waals surface area contributed by atoms with E-state index in [0.29, 0.717) is 19.8 Å². The van der Waals surface area contributed by atoms with Crippen molar-refractivity contribution >= 4 is 5.69 Å². The molecular weight excluding hydrogens is 362 g/mol. The van der Waals surface area contributed by atoms with Crippen LogP contribution >= 0.6 is 0 Å². The van der Waals surface area contributed by atoms with E-state index >= 15 is 0 Å². The lowest BCUT2D eigenvalue weighted by molar-refractivity contribution is 0.217. The van der Waals surface area contributed by atoms with Crippen LogP contribution in [0.5, 0.6) is 17.2 Å². The van der Waals surface area contributed by atoms with Crippen molar-refractivity contribution in [3.05, 3.63) is 83.9 Å². The third-order valence-corrected chi connectivity index (χ3v) is 4.55. The molecule has 0 saturated carbocycles. The van der Waals surface area contributed by atoms with Gasteiger partial charge in [0.05, 0.1) is 12.2 Å². The van der Waals surface area contributed by atoms with E-state index < -0.39 is 0 Å². The van der Waals surface area contributed by atoms with Crippen molar-refractivity contribution in [1.82, 2.24) is 0 Å². The summed E-state index contributed by atoms with van der Waals surface area (Å²) in [6.45, 7) is 7.85. The Labute approximate surface area is 173 Å². The van der Waals surface area contributed by atoms with Crippen LogP contribution in [0, 0.1) is 13.8 Å². The van der Waals surface area contributed by atoms with Crippen LogP contribution in [0.3, 0.4) is 0 Å². The largest absolute Gasteiger partial charge is 0.490 e. The molecule has 0 aliphatic rings. The van der Waals surface area contributed by atoms with Crippen molar-refractivity contribution in [2.45, 2.75) is 26.9 Å². The lowest BCUT2D eigenvalue weighted by atomic mass is 10.1. The summed E-state index contributed by atoms with van der Waals surface area (Å²) in [4.78, 5) is 0. The zero-order valence-corrected chi connectivity index (χ0v) is 17.4. The first-order valence-electron chi connectivity index (χ1n) is 10.00. The molecule has 0 aliphatic heterocycles. The van der Waals surface area contributed by atoms with Crippen LogP contribution in [-0.4, -0.2) is 25.9 Å². The number of ether oxygens (including phenoxy) is 3. The molecule has 0 radical (unpaired) electrons. The van der Waals surface area contributed by atoms with Crippen LogP contribution < -0.4 is 19.5 Å². The highest BCUT2D eigenvalue weighted by Gasteiger charge is 2.10. The Hall–Kier alpha value is -3.14. The summed E-state index contributed by atoms with van der Waals surface area (Å²) in [5, 5.41) is 3.44. The number of benzene rings is 3. The number of para-hydroxylation sites is 4. The molecule has 0 saturated heterocycles. The number of nitrogens with one attached hydrogen (secondary N) is 1. The zero-order valence-electron chi connectivity index (χ0n) is 17.4. The van der Waals surface area contributed by atoms with Crippen molar-refractivity contribution in [1.29, 1.82) is 0 Å². The van der Waals surface area contributed by atoms with Crippen LogP contribution in [0.15, 0.2) is 72.8 Å². The minimum atomic E-state index is 0.0178. The summed E-state index contributed by atoms with van der Waals surface area (Å²) < 4.78 is 17.8. The van der Waals surface area contributed by atoms with Crippen molar-refractivity contribution < 1.29 is 14.2 Å². The minimum Gasteiger partial charge on any atom is -0.490 e. The summed E-state index contributed by atoms with van der Waals surface area (Å²) >= 11 is 0. The highest BCUT2D eigenvalue weighted by atomic mass is 16.5. The molecule has 0 spiro atoms. The van der Waals surface area contributed by atoms with Crippen molar-refractivity contribution in [2.75, 3.05) is 25.1 Å². The van der Waals surface area contributed by atoms with Crippen molar-refractivity contribution in [3.8, 4) is 17.2 Å². The van der Waals surface area contributed by atoms with Crippen LogP contribution in [0.2, 0.25) is 0 Å². The molecule has 0 aliphatic carbocycles. The number of hydrogen-bond acceptors (Lipinski definition) is 4. The quantitative estimate of drug-likeness (QED) is 0.454. The Morgan fingerprint density at radius 2 is 1.41 bits per heavy atom. The molecule has 4 heteroatoms. The summed E-state index contributed by atoms with van der Waals surface area (Å²) in [5.41, 5.74) is 3.25. The van der Waals surface area contributed by atoms with Crippen LogP contribution in [0.1, 0.15) is 18.1 Å². The second-order valence-electron chi connectivity index (χ2n) is 7.04. The maximum absolute atomic E-state index is 6.16. The molecule has 152 valence electrons. The molecule has 0 bridgehead atoms.